The fourth-order valence-corrected chi connectivity index (χ4v) is 4.27. The number of amides is 1. The number of thiophene rings is 1. The Balaban J connectivity index is 1.59. The van der Waals surface area contributed by atoms with Crippen molar-refractivity contribution in [2.45, 2.75) is 10.1 Å². The molecule has 3 aromatic rings. The standard InChI is InChI=1S/C14H10N4O3S3/c19-12(9-3-5-10(6-4-9)18(20)21)15-13-16-17-14(24-13)23-8-11-2-1-7-22-11/h1-7H,8H2,(H,15,16,19). The molecule has 0 aliphatic heterocycles. The van der Waals surface area contributed by atoms with Crippen molar-refractivity contribution >= 4 is 51.2 Å². The summed E-state index contributed by atoms with van der Waals surface area (Å²) in [5.41, 5.74) is 0.262. The molecule has 0 radical (unpaired) electrons. The molecule has 0 atom stereocenters. The van der Waals surface area contributed by atoms with Crippen molar-refractivity contribution < 1.29 is 9.72 Å². The third kappa shape index (κ3) is 4.16. The summed E-state index contributed by atoms with van der Waals surface area (Å²) in [5.74, 6) is 0.429. The van der Waals surface area contributed by atoms with Gasteiger partial charge < -0.3 is 0 Å². The number of nitrogens with zero attached hydrogens (tertiary/aromatic N) is 3. The lowest BCUT2D eigenvalue weighted by atomic mass is 10.2. The van der Waals surface area contributed by atoms with Crippen molar-refractivity contribution in [1.29, 1.82) is 0 Å². The highest BCUT2D eigenvalue weighted by atomic mass is 32.2. The Morgan fingerprint density at radius 1 is 1.25 bits per heavy atom. The van der Waals surface area contributed by atoms with Crippen LogP contribution < -0.4 is 5.32 Å². The molecule has 0 saturated carbocycles. The molecule has 24 heavy (non-hydrogen) atoms. The molecule has 7 nitrogen and oxygen atoms in total. The molecular formula is C14H10N4O3S3. The van der Waals surface area contributed by atoms with Gasteiger partial charge >= 0.3 is 0 Å². The maximum absolute atomic E-state index is 12.1. The highest BCUT2D eigenvalue weighted by Gasteiger charge is 2.12. The average molecular weight is 378 g/mol. The maximum Gasteiger partial charge on any atom is 0.269 e. The molecule has 0 unspecified atom stereocenters. The molecule has 1 N–H and O–H groups in total. The SMILES string of the molecule is O=C(Nc1nnc(SCc2cccs2)s1)c1ccc([N+](=O)[O-])cc1. The van der Waals surface area contributed by atoms with Crippen LogP contribution in [0.3, 0.4) is 0 Å². The summed E-state index contributed by atoms with van der Waals surface area (Å²) >= 11 is 4.53. The first-order valence-electron chi connectivity index (χ1n) is 6.66. The van der Waals surface area contributed by atoms with Crippen LogP contribution in [0.5, 0.6) is 0 Å². The van der Waals surface area contributed by atoms with Crippen molar-refractivity contribution in [3.63, 3.8) is 0 Å². The molecule has 1 amide bonds. The van der Waals surface area contributed by atoms with Gasteiger partial charge in [-0.15, -0.1) is 21.5 Å². The molecule has 0 aliphatic carbocycles. The normalized spacial score (nSPS) is 10.5. The zero-order valence-corrected chi connectivity index (χ0v) is 14.5. The van der Waals surface area contributed by atoms with E-state index >= 15 is 0 Å². The molecule has 3 rings (SSSR count). The predicted molar refractivity (Wildman–Crippen MR) is 94.8 cm³/mol. The molecule has 0 bridgehead atoms. The van der Waals surface area contributed by atoms with Crippen LogP contribution in [-0.2, 0) is 5.75 Å². The first-order valence-corrected chi connectivity index (χ1v) is 9.34. The minimum atomic E-state index is -0.510. The molecule has 0 aliphatic rings. The summed E-state index contributed by atoms with van der Waals surface area (Å²) in [6.07, 6.45) is 0. The summed E-state index contributed by atoms with van der Waals surface area (Å²) in [5, 5.41) is 23.6. The summed E-state index contributed by atoms with van der Waals surface area (Å²) in [6.45, 7) is 0. The lowest BCUT2D eigenvalue weighted by Crippen LogP contribution is -2.11. The van der Waals surface area contributed by atoms with Crippen LogP contribution in [0.2, 0.25) is 0 Å². The van der Waals surface area contributed by atoms with Gasteiger partial charge in [-0.25, -0.2) is 0 Å². The van der Waals surface area contributed by atoms with Gasteiger partial charge in [-0.3, -0.25) is 20.2 Å². The Bertz CT molecular complexity index is 847. The van der Waals surface area contributed by atoms with Crippen LogP contribution in [0.4, 0.5) is 10.8 Å². The van der Waals surface area contributed by atoms with Gasteiger partial charge in [0.05, 0.1) is 4.92 Å². The monoisotopic (exact) mass is 378 g/mol. The van der Waals surface area contributed by atoms with Gasteiger partial charge in [0, 0.05) is 28.3 Å². The highest BCUT2D eigenvalue weighted by Crippen LogP contribution is 2.29. The van der Waals surface area contributed by atoms with Crippen LogP contribution in [0.15, 0.2) is 46.1 Å². The third-order valence-electron chi connectivity index (χ3n) is 2.89. The molecule has 0 saturated heterocycles. The number of thioether (sulfide) groups is 1. The van der Waals surface area contributed by atoms with Crippen molar-refractivity contribution in [3.05, 3.63) is 62.3 Å². The van der Waals surface area contributed by atoms with Gasteiger partial charge in [0.25, 0.3) is 11.6 Å². The molecule has 2 aromatic heterocycles. The zero-order chi connectivity index (χ0) is 16.9. The van der Waals surface area contributed by atoms with E-state index in [0.29, 0.717) is 10.7 Å². The summed E-state index contributed by atoms with van der Waals surface area (Å²) in [7, 11) is 0. The lowest BCUT2D eigenvalue weighted by molar-refractivity contribution is -0.384. The minimum Gasteiger partial charge on any atom is -0.296 e. The Hall–Kier alpha value is -2.30. The fourth-order valence-electron chi connectivity index (χ4n) is 1.75. The van der Waals surface area contributed by atoms with Crippen LogP contribution in [0.1, 0.15) is 15.2 Å². The minimum absolute atomic E-state index is 0.0604. The quantitative estimate of drug-likeness (QED) is 0.301. The summed E-state index contributed by atoms with van der Waals surface area (Å²) < 4.78 is 0.766. The van der Waals surface area contributed by atoms with E-state index in [4.69, 9.17) is 0 Å². The highest BCUT2D eigenvalue weighted by molar-refractivity contribution is 8.00. The first-order chi connectivity index (χ1) is 11.6. The number of rotatable bonds is 6. The molecule has 0 spiro atoms. The van der Waals surface area contributed by atoms with Gasteiger partial charge in [0.2, 0.25) is 5.13 Å². The number of nitrogens with one attached hydrogen (secondary N) is 1. The maximum atomic E-state index is 12.1. The summed E-state index contributed by atoms with van der Waals surface area (Å²) in [6, 6.07) is 9.43. The molecular weight excluding hydrogens is 368 g/mol. The van der Waals surface area contributed by atoms with Crippen molar-refractivity contribution in [3.8, 4) is 0 Å². The number of hydrogen-bond acceptors (Lipinski definition) is 8. The first kappa shape index (κ1) is 16.6. The van der Waals surface area contributed by atoms with E-state index in [0.717, 1.165) is 10.1 Å². The Labute approximate surface area is 148 Å². The second-order valence-electron chi connectivity index (χ2n) is 4.50. The van der Waals surface area contributed by atoms with E-state index in [9.17, 15) is 14.9 Å². The Morgan fingerprint density at radius 2 is 2.04 bits per heavy atom. The molecule has 2 heterocycles. The number of carbonyl (C=O) groups excluding carboxylic acids is 1. The van der Waals surface area contributed by atoms with E-state index in [-0.39, 0.29) is 11.6 Å². The largest absolute Gasteiger partial charge is 0.296 e. The molecule has 0 fully saturated rings. The molecule has 1 aromatic carbocycles. The van der Waals surface area contributed by atoms with Crippen LogP contribution >= 0.6 is 34.4 Å². The Morgan fingerprint density at radius 3 is 2.71 bits per heavy atom. The molecule has 122 valence electrons. The van der Waals surface area contributed by atoms with Gasteiger partial charge in [-0.05, 0) is 23.6 Å². The zero-order valence-electron chi connectivity index (χ0n) is 12.0. The van der Waals surface area contributed by atoms with E-state index < -0.39 is 4.92 Å². The van der Waals surface area contributed by atoms with Crippen molar-refractivity contribution in [1.82, 2.24) is 10.2 Å². The third-order valence-corrected chi connectivity index (χ3v) is 5.97. The van der Waals surface area contributed by atoms with E-state index in [1.807, 2.05) is 11.4 Å². The van der Waals surface area contributed by atoms with Gasteiger partial charge in [-0.1, -0.05) is 29.2 Å². The number of nitro benzene ring substituents is 1. The second-order valence-corrected chi connectivity index (χ2v) is 7.73. The van der Waals surface area contributed by atoms with Crippen LogP contribution in [0.25, 0.3) is 0 Å². The number of benzene rings is 1. The predicted octanol–water partition coefficient (Wildman–Crippen LogP) is 4.05. The Kier molecular flexibility index (Phi) is 5.18. The van der Waals surface area contributed by atoms with Crippen LogP contribution in [0, 0.1) is 10.1 Å². The lowest BCUT2D eigenvalue weighted by Gasteiger charge is -2.00. The van der Waals surface area contributed by atoms with Gasteiger partial charge in [0.15, 0.2) is 4.34 Å². The smallest absolute Gasteiger partial charge is 0.269 e. The second kappa shape index (κ2) is 7.51. The molecule has 10 heteroatoms. The number of hydrogen-bond donors (Lipinski definition) is 1. The van der Waals surface area contributed by atoms with Crippen LogP contribution in [-0.4, -0.2) is 21.0 Å². The number of aromatic nitrogens is 2. The number of nitro groups is 1. The van der Waals surface area contributed by atoms with E-state index in [1.165, 1.54) is 40.5 Å². The average Bonchev–Trinajstić information content (AvgIpc) is 3.24. The number of non-ortho nitro benzene ring substituents is 1. The van der Waals surface area contributed by atoms with Gasteiger partial charge in [-0.2, -0.15) is 0 Å². The van der Waals surface area contributed by atoms with E-state index in [2.05, 4.69) is 21.6 Å². The fraction of sp³-hybridized carbons (Fsp3) is 0.0714. The van der Waals surface area contributed by atoms with E-state index in [1.54, 1.807) is 23.1 Å². The topological polar surface area (TPSA) is 98.0 Å². The number of carbonyl (C=O) groups is 1. The van der Waals surface area contributed by atoms with Crippen molar-refractivity contribution in [2.24, 2.45) is 0 Å². The summed E-state index contributed by atoms with van der Waals surface area (Å²) in [4.78, 5) is 23.4. The number of anilines is 1. The van der Waals surface area contributed by atoms with Crippen molar-refractivity contribution in [2.75, 3.05) is 5.32 Å². The van der Waals surface area contributed by atoms with Gasteiger partial charge in [0.1, 0.15) is 0 Å².